The molecule has 0 aromatic heterocycles. The molecular weight excluding hydrogens is 234 g/mol. The van der Waals surface area contributed by atoms with Crippen molar-refractivity contribution in [3.8, 4) is 5.75 Å². The first-order chi connectivity index (χ1) is 8.29. The molecule has 1 aliphatic heterocycles. The number of rotatable bonds is 5. The fourth-order valence-corrected chi connectivity index (χ4v) is 2.56. The standard InChI is InChI=1S/C14H20ClNO/c1-2-17-14-6-5-11(9-13(14)15)3-4-12-7-8-16-10-12/h5-6,9,12,16H,2-4,7-8,10H2,1H3. The van der Waals surface area contributed by atoms with Gasteiger partial charge in [-0.3, -0.25) is 0 Å². The van der Waals surface area contributed by atoms with E-state index >= 15 is 0 Å². The van der Waals surface area contributed by atoms with Gasteiger partial charge < -0.3 is 10.1 Å². The second kappa shape index (κ2) is 6.27. The maximum Gasteiger partial charge on any atom is 0.137 e. The average molecular weight is 254 g/mol. The van der Waals surface area contributed by atoms with Crippen molar-refractivity contribution in [2.75, 3.05) is 19.7 Å². The highest BCUT2D eigenvalue weighted by atomic mass is 35.5. The van der Waals surface area contributed by atoms with Crippen LogP contribution >= 0.6 is 11.6 Å². The molecule has 0 amide bonds. The molecule has 17 heavy (non-hydrogen) atoms. The van der Waals surface area contributed by atoms with Crippen LogP contribution in [0.2, 0.25) is 5.02 Å². The fourth-order valence-electron chi connectivity index (χ4n) is 2.30. The smallest absolute Gasteiger partial charge is 0.137 e. The lowest BCUT2D eigenvalue weighted by molar-refractivity contribution is 0.340. The third-order valence-corrected chi connectivity index (χ3v) is 3.60. The Morgan fingerprint density at radius 3 is 3.00 bits per heavy atom. The molecule has 1 fully saturated rings. The van der Waals surface area contributed by atoms with E-state index in [4.69, 9.17) is 16.3 Å². The lowest BCUT2D eigenvalue weighted by Gasteiger charge is -2.10. The van der Waals surface area contributed by atoms with Gasteiger partial charge in [-0.15, -0.1) is 0 Å². The average Bonchev–Trinajstić information content (AvgIpc) is 2.83. The van der Waals surface area contributed by atoms with E-state index in [9.17, 15) is 0 Å². The summed E-state index contributed by atoms with van der Waals surface area (Å²) in [4.78, 5) is 0. The zero-order valence-corrected chi connectivity index (χ0v) is 11.1. The van der Waals surface area contributed by atoms with Crippen LogP contribution in [0.25, 0.3) is 0 Å². The molecule has 1 unspecified atom stereocenters. The number of benzene rings is 1. The highest BCUT2D eigenvalue weighted by molar-refractivity contribution is 6.32. The van der Waals surface area contributed by atoms with Crippen molar-refractivity contribution in [1.82, 2.24) is 5.32 Å². The van der Waals surface area contributed by atoms with Gasteiger partial charge in [0.05, 0.1) is 11.6 Å². The molecule has 0 saturated carbocycles. The molecule has 0 radical (unpaired) electrons. The Morgan fingerprint density at radius 2 is 2.35 bits per heavy atom. The molecule has 1 aromatic rings. The van der Waals surface area contributed by atoms with Crippen molar-refractivity contribution in [1.29, 1.82) is 0 Å². The van der Waals surface area contributed by atoms with Crippen LogP contribution in [0.15, 0.2) is 18.2 Å². The summed E-state index contributed by atoms with van der Waals surface area (Å²) in [5.74, 6) is 1.63. The highest BCUT2D eigenvalue weighted by Gasteiger charge is 2.14. The zero-order chi connectivity index (χ0) is 12.1. The van der Waals surface area contributed by atoms with E-state index in [0.29, 0.717) is 6.61 Å². The molecule has 94 valence electrons. The molecule has 3 heteroatoms. The van der Waals surface area contributed by atoms with Crippen molar-refractivity contribution in [3.05, 3.63) is 28.8 Å². The van der Waals surface area contributed by atoms with Crippen molar-refractivity contribution in [3.63, 3.8) is 0 Å². The lowest BCUT2D eigenvalue weighted by atomic mass is 9.99. The Balaban J connectivity index is 1.90. The minimum absolute atomic E-state index is 0.660. The minimum atomic E-state index is 0.660. The number of ether oxygens (including phenoxy) is 1. The molecule has 1 saturated heterocycles. The first kappa shape index (κ1) is 12.7. The zero-order valence-electron chi connectivity index (χ0n) is 10.3. The summed E-state index contributed by atoms with van der Waals surface area (Å²) >= 11 is 6.17. The van der Waals surface area contributed by atoms with Crippen LogP contribution in [0.1, 0.15) is 25.3 Å². The van der Waals surface area contributed by atoms with E-state index in [-0.39, 0.29) is 0 Å². The molecule has 1 atom stereocenters. The molecule has 1 N–H and O–H groups in total. The number of nitrogens with one attached hydrogen (secondary N) is 1. The first-order valence-electron chi connectivity index (χ1n) is 6.41. The third kappa shape index (κ3) is 3.62. The molecule has 1 aliphatic rings. The second-order valence-electron chi connectivity index (χ2n) is 4.60. The largest absolute Gasteiger partial charge is 0.492 e. The Bertz CT molecular complexity index is 361. The van der Waals surface area contributed by atoms with Gasteiger partial charge in [-0.2, -0.15) is 0 Å². The summed E-state index contributed by atoms with van der Waals surface area (Å²) < 4.78 is 5.43. The van der Waals surface area contributed by atoms with Gasteiger partial charge in [0, 0.05) is 0 Å². The van der Waals surface area contributed by atoms with Crippen LogP contribution in [0, 0.1) is 5.92 Å². The maximum absolute atomic E-state index is 6.17. The van der Waals surface area contributed by atoms with Crippen LogP contribution in [-0.2, 0) is 6.42 Å². The van der Waals surface area contributed by atoms with Gasteiger partial charge in [0.1, 0.15) is 5.75 Å². The Hall–Kier alpha value is -0.730. The molecular formula is C14H20ClNO. The van der Waals surface area contributed by atoms with Crippen LogP contribution < -0.4 is 10.1 Å². The molecule has 1 aromatic carbocycles. The van der Waals surface area contributed by atoms with Gasteiger partial charge in [0.25, 0.3) is 0 Å². The number of hydrogen-bond donors (Lipinski definition) is 1. The summed E-state index contributed by atoms with van der Waals surface area (Å²) in [5, 5.41) is 4.13. The summed E-state index contributed by atoms with van der Waals surface area (Å²) in [6, 6.07) is 6.14. The van der Waals surface area contributed by atoms with Crippen LogP contribution in [0.4, 0.5) is 0 Å². The van der Waals surface area contributed by atoms with Crippen molar-refractivity contribution in [2.45, 2.75) is 26.2 Å². The van der Waals surface area contributed by atoms with Crippen molar-refractivity contribution in [2.24, 2.45) is 5.92 Å². The molecule has 2 nitrogen and oxygen atoms in total. The number of aryl methyl sites for hydroxylation is 1. The molecule has 0 spiro atoms. The predicted molar refractivity (Wildman–Crippen MR) is 71.9 cm³/mol. The minimum Gasteiger partial charge on any atom is -0.492 e. The highest BCUT2D eigenvalue weighted by Crippen LogP contribution is 2.26. The monoisotopic (exact) mass is 253 g/mol. The van der Waals surface area contributed by atoms with Crippen molar-refractivity contribution >= 4 is 11.6 Å². The SMILES string of the molecule is CCOc1ccc(CCC2CCNC2)cc1Cl. The predicted octanol–water partition coefficient (Wildman–Crippen LogP) is 3.28. The van der Waals surface area contributed by atoms with Crippen LogP contribution in [0.5, 0.6) is 5.75 Å². The quantitative estimate of drug-likeness (QED) is 0.870. The molecule has 1 heterocycles. The van der Waals surface area contributed by atoms with Gasteiger partial charge in [0.2, 0.25) is 0 Å². The molecule has 2 rings (SSSR count). The molecule has 0 aliphatic carbocycles. The fraction of sp³-hybridized carbons (Fsp3) is 0.571. The summed E-state index contributed by atoms with van der Waals surface area (Å²) in [7, 11) is 0. The van der Waals surface area contributed by atoms with Crippen LogP contribution in [-0.4, -0.2) is 19.7 Å². The maximum atomic E-state index is 6.17. The number of hydrogen-bond acceptors (Lipinski definition) is 2. The first-order valence-corrected chi connectivity index (χ1v) is 6.79. The van der Waals surface area contributed by atoms with Crippen molar-refractivity contribution < 1.29 is 4.74 Å². The number of halogens is 1. The van der Waals surface area contributed by atoms with Gasteiger partial charge >= 0.3 is 0 Å². The normalized spacial score (nSPS) is 19.5. The van der Waals surface area contributed by atoms with E-state index in [1.807, 2.05) is 19.1 Å². The van der Waals surface area contributed by atoms with Gasteiger partial charge in [-0.1, -0.05) is 17.7 Å². The lowest BCUT2D eigenvalue weighted by Crippen LogP contribution is -2.09. The van der Waals surface area contributed by atoms with E-state index in [1.54, 1.807) is 0 Å². The van der Waals surface area contributed by atoms with E-state index in [2.05, 4.69) is 11.4 Å². The summed E-state index contributed by atoms with van der Waals surface area (Å²) in [6.07, 6.45) is 3.67. The Kier molecular flexibility index (Phi) is 4.69. The Morgan fingerprint density at radius 1 is 1.47 bits per heavy atom. The molecule has 0 bridgehead atoms. The van der Waals surface area contributed by atoms with Gasteiger partial charge in [-0.25, -0.2) is 0 Å². The van der Waals surface area contributed by atoms with Gasteiger partial charge in [0.15, 0.2) is 0 Å². The summed E-state index contributed by atoms with van der Waals surface area (Å²) in [6.45, 7) is 4.98. The second-order valence-corrected chi connectivity index (χ2v) is 5.00. The topological polar surface area (TPSA) is 21.3 Å². The van der Waals surface area contributed by atoms with Crippen LogP contribution in [0.3, 0.4) is 0 Å². The third-order valence-electron chi connectivity index (χ3n) is 3.30. The van der Waals surface area contributed by atoms with Gasteiger partial charge in [-0.05, 0) is 62.9 Å². The Labute approximate surface area is 108 Å². The van der Waals surface area contributed by atoms with E-state index in [1.165, 1.54) is 31.5 Å². The van der Waals surface area contributed by atoms with E-state index < -0.39 is 0 Å². The summed E-state index contributed by atoms with van der Waals surface area (Å²) in [5.41, 5.74) is 1.31. The van der Waals surface area contributed by atoms with E-state index in [0.717, 1.165) is 23.1 Å².